The van der Waals surface area contributed by atoms with Crippen molar-refractivity contribution >= 4 is 45.8 Å². The number of amides is 2. The van der Waals surface area contributed by atoms with Gasteiger partial charge in [0.05, 0.1) is 22.8 Å². The number of anilines is 1. The summed E-state index contributed by atoms with van der Waals surface area (Å²) in [6, 6.07) is 7.50. The molecule has 0 spiro atoms. The van der Waals surface area contributed by atoms with E-state index in [1.54, 1.807) is 15.8 Å². The zero-order chi connectivity index (χ0) is 20.1. The Kier molecular flexibility index (Phi) is 6.79. The van der Waals surface area contributed by atoms with E-state index in [1.807, 2.05) is 38.1 Å². The molecule has 0 saturated carbocycles. The molecule has 0 bridgehead atoms. The lowest BCUT2D eigenvalue weighted by molar-refractivity contribution is -0.125. The van der Waals surface area contributed by atoms with Crippen molar-refractivity contribution < 1.29 is 9.59 Å². The lowest BCUT2D eigenvalue weighted by atomic mass is 10.1. The van der Waals surface area contributed by atoms with Crippen LogP contribution >= 0.6 is 24.0 Å². The van der Waals surface area contributed by atoms with Gasteiger partial charge in [0.25, 0.3) is 0 Å². The number of carbonyl (C=O) groups excluding carboxylic acids is 2. The maximum Gasteiger partial charge on any atom is 0.241 e. The van der Waals surface area contributed by atoms with Crippen LogP contribution in [0.3, 0.4) is 0 Å². The number of rotatable bonds is 8. The van der Waals surface area contributed by atoms with Gasteiger partial charge in [0, 0.05) is 18.7 Å². The fraction of sp³-hybridized carbons (Fsp3) is 0.421. The highest BCUT2D eigenvalue weighted by Crippen LogP contribution is 2.27. The van der Waals surface area contributed by atoms with E-state index in [9.17, 15) is 9.59 Å². The quantitative estimate of drug-likeness (QED) is 0.524. The number of aryl methyl sites for hydroxylation is 1. The fourth-order valence-corrected chi connectivity index (χ4v) is 4.41. The van der Waals surface area contributed by atoms with Crippen LogP contribution in [0.4, 0.5) is 5.69 Å². The molecule has 3 rings (SSSR count). The second-order valence-electron chi connectivity index (χ2n) is 6.71. The Morgan fingerprint density at radius 1 is 1.25 bits per heavy atom. The largest absolute Gasteiger partial charge is 0.326 e. The van der Waals surface area contributed by atoms with Crippen molar-refractivity contribution in [2.75, 3.05) is 11.9 Å². The van der Waals surface area contributed by atoms with E-state index < -0.39 is 0 Å². The Morgan fingerprint density at radius 3 is 2.61 bits per heavy atom. The molecule has 1 aromatic carbocycles. The molecule has 1 N–H and O–H groups in total. The van der Waals surface area contributed by atoms with Gasteiger partial charge < -0.3 is 5.32 Å². The van der Waals surface area contributed by atoms with Crippen LogP contribution in [-0.4, -0.2) is 47.8 Å². The van der Waals surface area contributed by atoms with Gasteiger partial charge in [-0.3, -0.25) is 14.5 Å². The number of thioether (sulfide) groups is 1. The third-order valence-corrected chi connectivity index (χ3v) is 6.00. The minimum atomic E-state index is -0.0712. The third kappa shape index (κ3) is 4.96. The first-order valence-corrected chi connectivity index (χ1v) is 10.5. The van der Waals surface area contributed by atoms with Crippen molar-refractivity contribution in [3.8, 4) is 5.69 Å². The smallest absolute Gasteiger partial charge is 0.241 e. The minimum absolute atomic E-state index is 0.0124. The second kappa shape index (κ2) is 9.29. The monoisotopic (exact) mass is 417 g/mol. The van der Waals surface area contributed by atoms with Gasteiger partial charge in [0.1, 0.15) is 4.32 Å². The summed E-state index contributed by atoms with van der Waals surface area (Å²) in [5, 5.41) is 10.7. The summed E-state index contributed by atoms with van der Waals surface area (Å²) in [6.45, 7) is 4.45. The van der Waals surface area contributed by atoms with Gasteiger partial charge in [0.2, 0.25) is 11.8 Å². The van der Waals surface area contributed by atoms with Crippen LogP contribution in [0.1, 0.15) is 38.3 Å². The Balaban J connectivity index is 1.37. The molecular weight excluding hydrogens is 394 g/mol. The molecule has 1 atom stereocenters. The van der Waals surface area contributed by atoms with Crippen molar-refractivity contribution in [1.82, 2.24) is 19.9 Å². The Morgan fingerprint density at radius 2 is 2.00 bits per heavy atom. The van der Waals surface area contributed by atoms with Gasteiger partial charge in [-0.25, -0.2) is 4.68 Å². The van der Waals surface area contributed by atoms with Gasteiger partial charge in [-0.2, -0.15) is 0 Å². The van der Waals surface area contributed by atoms with Crippen LogP contribution in [-0.2, 0) is 9.59 Å². The summed E-state index contributed by atoms with van der Waals surface area (Å²) < 4.78 is 2.40. The molecule has 28 heavy (non-hydrogen) atoms. The first-order valence-electron chi connectivity index (χ1n) is 9.25. The second-order valence-corrected chi connectivity index (χ2v) is 8.68. The van der Waals surface area contributed by atoms with Crippen molar-refractivity contribution in [3.63, 3.8) is 0 Å². The zero-order valence-corrected chi connectivity index (χ0v) is 17.6. The molecule has 0 aliphatic carbocycles. The first-order chi connectivity index (χ1) is 13.5. The first kappa shape index (κ1) is 20.5. The number of nitrogens with one attached hydrogen (secondary N) is 1. The van der Waals surface area contributed by atoms with Gasteiger partial charge >= 0.3 is 0 Å². The predicted octanol–water partition coefficient (Wildman–Crippen LogP) is 3.32. The van der Waals surface area contributed by atoms with E-state index in [2.05, 4.69) is 15.6 Å². The van der Waals surface area contributed by atoms with Gasteiger partial charge in [0.15, 0.2) is 0 Å². The summed E-state index contributed by atoms with van der Waals surface area (Å²) in [5.74, 6) is 0.0823. The SMILES string of the molecule is Cc1cnnn1-c1ccc(NC(=O)CCCCCN2C(=O)C(C)SC2=S)cc1. The molecule has 2 heterocycles. The van der Waals surface area contributed by atoms with Gasteiger partial charge in [-0.1, -0.05) is 35.6 Å². The highest BCUT2D eigenvalue weighted by Gasteiger charge is 2.32. The molecule has 0 radical (unpaired) electrons. The average Bonchev–Trinajstić information content (AvgIpc) is 3.19. The lowest BCUT2D eigenvalue weighted by Gasteiger charge is -2.14. The standard InChI is InChI=1S/C19H23N5O2S2/c1-13-12-20-22-24(13)16-9-7-15(8-10-16)21-17(25)6-4-3-5-11-23-18(26)14(2)28-19(23)27/h7-10,12,14H,3-6,11H2,1-2H3,(H,21,25). The van der Waals surface area contributed by atoms with Gasteiger partial charge in [-0.05, 0) is 51.0 Å². The number of aromatic nitrogens is 3. The molecule has 1 aromatic heterocycles. The topological polar surface area (TPSA) is 80.1 Å². The normalized spacial score (nSPS) is 16.6. The Hall–Kier alpha value is -2.26. The Bertz CT molecular complexity index is 865. The molecule has 9 heteroatoms. The summed E-state index contributed by atoms with van der Waals surface area (Å²) in [6.07, 6.45) is 4.65. The highest BCUT2D eigenvalue weighted by atomic mass is 32.2. The molecule has 2 aromatic rings. The van der Waals surface area contributed by atoms with Crippen LogP contribution in [0.15, 0.2) is 30.5 Å². The minimum Gasteiger partial charge on any atom is -0.326 e. The number of carbonyl (C=O) groups is 2. The molecule has 148 valence electrons. The van der Waals surface area contributed by atoms with Crippen molar-refractivity contribution in [3.05, 3.63) is 36.2 Å². The van der Waals surface area contributed by atoms with E-state index in [-0.39, 0.29) is 17.1 Å². The number of nitrogens with zero attached hydrogens (tertiary/aromatic N) is 4. The van der Waals surface area contributed by atoms with Crippen molar-refractivity contribution in [2.45, 2.75) is 44.8 Å². The number of hydrogen-bond acceptors (Lipinski definition) is 6. The highest BCUT2D eigenvalue weighted by molar-refractivity contribution is 8.24. The van der Waals surface area contributed by atoms with Crippen LogP contribution in [0, 0.1) is 6.92 Å². The van der Waals surface area contributed by atoms with Crippen LogP contribution in [0.2, 0.25) is 0 Å². The maximum atomic E-state index is 12.1. The number of unbranched alkanes of at least 4 members (excludes halogenated alkanes) is 2. The van der Waals surface area contributed by atoms with Gasteiger partial charge in [-0.15, -0.1) is 5.10 Å². The van der Waals surface area contributed by atoms with Crippen LogP contribution in [0.25, 0.3) is 5.69 Å². The molecule has 1 aliphatic heterocycles. The molecule has 2 amide bonds. The summed E-state index contributed by atoms with van der Waals surface area (Å²) in [4.78, 5) is 25.8. The summed E-state index contributed by atoms with van der Waals surface area (Å²) >= 11 is 6.67. The van der Waals surface area contributed by atoms with E-state index in [0.29, 0.717) is 17.3 Å². The van der Waals surface area contributed by atoms with E-state index >= 15 is 0 Å². The van der Waals surface area contributed by atoms with E-state index in [4.69, 9.17) is 12.2 Å². The lowest BCUT2D eigenvalue weighted by Crippen LogP contribution is -2.31. The molecule has 1 unspecified atom stereocenters. The van der Waals surface area contributed by atoms with E-state index in [0.717, 1.165) is 36.3 Å². The number of hydrogen-bond donors (Lipinski definition) is 1. The van der Waals surface area contributed by atoms with Crippen molar-refractivity contribution in [1.29, 1.82) is 0 Å². The molecular formula is C19H23N5O2S2. The third-order valence-electron chi connectivity index (χ3n) is 4.51. The molecule has 7 nitrogen and oxygen atoms in total. The molecule has 1 saturated heterocycles. The average molecular weight is 418 g/mol. The summed E-state index contributed by atoms with van der Waals surface area (Å²) in [5.41, 5.74) is 2.60. The van der Waals surface area contributed by atoms with Crippen LogP contribution in [0.5, 0.6) is 0 Å². The number of benzene rings is 1. The maximum absolute atomic E-state index is 12.1. The van der Waals surface area contributed by atoms with Crippen molar-refractivity contribution in [2.24, 2.45) is 0 Å². The zero-order valence-electron chi connectivity index (χ0n) is 15.9. The fourth-order valence-electron chi connectivity index (χ4n) is 2.96. The van der Waals surface area contributed by atoms with Crippen LogP contribution < -0.4 is 5.32 Å². The molecule has 1 aliphatic rings. The van der Waals surface area contributed by atoms with E-state index in [1.165, 1.54) is 11.8 Å². The predicted molar refractivity (Wildman–Crippen MR) is 115 cm³/mol. The number of thiocarbonyl (C=S) groups is 1. The molecule has 1 fully saturated rings. The summed E-state index contributed by atoms with van der Waals surface area (Å²) in [7, 11) is 0. The Labute approximate surface area is 173 Å².